The van der Waals surface area contributed by atoms with Crippen molar-refractivity contribution in [3.63, 3.8) is 0 Å². The van der Waals surface area contributed by atoms with Crippen molar-refractivity contribution in [3.05, 3.63) is 58.9 Å². The minimum absolute atomic E-state index is 0.0154. The number of fused-ring (bicyclic) bond motifs is 3. The largest absolute Gasteiger partial charge is 0.573 e. The maximum absolute atomic E-state index is 14.0. The van der Waals surface area contributed by atoms with Crippen LogP contribution in [0.1, 0.15) is 74.6 Å². The molecule has 2 aliphatic carbocycles. The molecule has 4 aliphatic rings. The zero-order chi connectivity index (χ0) is 28.3. The molecule has 7 atom stereocenters. The van der Waals surface area contributed by atoms with Gasteiger partial charge in [0.1, 0.15) is 23.4 Å². The third-order valence-electron chi connectivity index (χ3n) is 9.77. The Labute approximate surface area is 231 Å². The first-order valence-corrected chi connectivity index (χ1v) is 14.3. The van der Waals surface area contributed by atoms with E-state index in [1.807, 2.05) is 6.92 Å². The summed E-state index contributed by atoms with van der Waals surface area (Å²) in [6.45, 7) is 4.32. The van der Waals surface area contributed by atoms with Crippen LogP contribution in [0, 0.1) is 29.5 Å². The molecular weight excluding hydrogens is 526 g/mol. The van der Waals surface area contributed by atoms with Crippen molar-refractivity contribution in [1.82, 2.24) is 4.90 Å². The Morgan fingerprint density at radius 1 is 1.10 bits per heavy atom. The lowest BCUT2D eigenvalue weighted by atomic mass is 9.81. The Kier molecular flexibility index (Phi) is 7.00. The molecule has 0 amide bonds. The van der Waals surface area contributed by atoms with Crippen LogP contribution in [0.5, 0.6) is 11.5 Å². The summed E-state index contributed by atoms with van der Waals surface area (Å²) in [5.41, 5.74) is 2.40. The van der Waals surface area contributed by atoms with Crippen molar-refractivity contribution >= 4 is 5.97 Å². The quantitative estimate of drug-likeness (QED) is 0.349. The minimum Gasteiger partial charge on any atom is -0.490 e. The van der Waals surface area contributed by atoms with Gasteiger partial charge in [-0.1, -0.05) is 19.1 Å². The Hall–Kier alpha value is -2.81. The van der Waals surface area contributed by atoms with Gasteiger partial charge in [0.2, 0.25) is 0 Å². The van der Waals surface area contributed by atoms with E-state index in [1.165, 1.54) is 0 Å². The molecule has 3 fully saturated rings. The second kappa shape index (κ2) is 10.2. The molecular formula is C31H35F4NO4. The highest BCUT2D eigenvalue weighted by molar-refractivity contribution is 5.71. The van der Waals surface area contributed by atoms with Crippen molar-refractivity contribution in [2.24, 2.45) is 23.7 Å². The Morgan fingerprint density at radius 3 is 2.52 bits per heavy atom. The number of hydrogen-bond acceptors (Lipinski definition) is 4. The number of aryl methyl sites for hydroxylation is 1. The molecule has 1 N–H and O–H groups in total. The van der Waals surface area contributed by atoms with Crippen LogP contribution < -0.4 is 9.47 Å². The second-order valence-corrected chi connectivity index (χ2v) is 12.2. The zero-order valence-corrected chi connectivity index (χ0v) is 22.7. The van der Waals surface area contributed by atoms with Crippen LogP contribution >= 0.6 is 0 Å². The van der Waals surface area contributed by atoms with E-state index in [4.69, 9.17) is 4.74 Å². The number of carboxylic acids is 1. The Bertz CT molecular complexity index is 1280. The summed E-state index contributed by atoms with van der Waals surface area (Å²) in [6.07, 6.45) is 0.932. The van der Waals surface area contributed by atoms with Crippen LogP contribution in [0.3, 0.4) is 0 Å². The topological polar surface area (TPSA) is 59.0 Å². The molecule has 0 aromatic heterocycles. The Balaban J connectivity index is 1.15. The van der Waals surface area contributed by atoms with Crippen molar-refractivity contribution in [2.75, 3.05) is 6.54 Å². The first-order chi connectivity index (χ1) is 19.0. The molecule has 2 bridgehead atoms. The number of ether oxygens (including phenoxy) is 2. The lowest BCUT2D eigenvalue weighted by molar-refractivity contribution is -0.275. The molecule has 6 rings (SSSR count). The molecule has 5 nitrogen and oxygen atoms in total. The molecule has 1 saturated heterocycles. The maximum Gasteiger partial charge on any atom is 0.573 e. The number of piperidine rings is 1. The highest BCUT2D eigenvalue weighted by Crippen LogP contribution is 2.51. The molecule has 5 unspecified atom stereocenters. The van der Waals surface area contributed by atoms with Gasteiger partial charge in [0, 0.05) is 30.1 Å². The summed E-state index contributed by atoms with van der Waals surface area (Å²) in [5, 5.41) is 9.68. The number of carboxylic acid groups (broad SMARTS) is 1. The zero-order valence-electron chi connectivity index (χ0n) is 22.7. The van der Waals surface area contributed by atoms with Gasteiger partial charge in [-0.25, -0.2) is 4.39 Å². The van der Waals surface area contributed by atoms with Crippen molar-refractivity contribution in [3.8, 4) is 11.5 Å². The van der Waals surface area contributed by atoms with E-state index < -0.39 is 30.1 Å². The fourth-order valence-electron chi connectivity index (χ4n) is 7.69. The highest BCUT2D eigenvalue weighted by atomic mass is 19.4. The fourth-order valence-corrected chi connectivity index (χ4v) is 7.69. The van der Waals surface area contributed by atoms with Gasteiger partial charge in [-0.05, 0) is 98.6 Å². The van der Waals surface area contributed by atoms with Crippen LogP contribution in [0.25, 0.3) is 0 Å². The van der Waals surface area contributed by atoms with E-state index in [0.29, 0.717) is 24.3 Å². The van der Waals surface area contributed by atoms with Gasteiger partial charge in [0.15, 0.2) is 0 Å². The summed E-state index contributed by atoms with van der Waals surface area (Å²) in [7, 11) is 0. The first-order valence-electron chi connectivity index (χ1n) is 14.3. The molecule has 2 heterocycles. The van der Waals surface area contributed by atoms with Gasteiger partial charge in [-0.3, -0.25) is 9.69 Å². The minimum atomic E-state index is -4.85. The molecule has 2 saturated carbocycles. The molecule has 9 heteroatoms. The number of nitrogens with zero attached hydrogens (tertiary/aromatic N) is 1. The Morgan fingerprint density at radius 2 is 1.88 bits per heavy atom. The standard InChI is InChI=1S/C31H35F4NO4/c1-16(30(37)38)29(19-4-5-19)20-6-3-18-7-9-26(39-28(18)12-20)25-14-23-11-21(25)15-36(23)17(2)24-13-22(32)8-10-27(24)40-31(33,34)35/h3,6,8,10,12-13,16-17,19,21,23,25-26,29H,4-5,7,9,11,14-15H2,1-2H3,(H,37,38)/t16-,17?,21?,23?,25?,26?,29-/m0/s1. The predicted molar refractivity (Wildman–Crippen MR) is 140 cm³/mol. The van der Waals surface area contributed by atoms with Crippen LogP contribution in [0.4, 0.5) is 17.6 Å². The van der Waals surface area contributed by atoms with Gasteiger partial charge >= 0.3 is 12.3 Å². The summed E-state index contributed by atoms with van der Waals surface area (Å²) in [4.78, 5) is 14.0. The number of alkyl halides is 3. The van der Waals surface area contributed by atoms with E-state index in [-0.39, 0.29) is 29.4 Å². The SMILES string of the molecule is CC(c1cc(F)ccc1OC(F)(F)F)N1CC2CC1CC2C1CCc2ccc([C@H](C3CC3)[C@H](C)C(=O)O)cc2O1. The van der Waals surface area contributed by atoms with Crippen LogP contribution in [-0.4, -0.2) is 41.0 Å². The molecule has 216 valence electrons. The van der Waals surface area contributed by atoms with E-state index in [1.54, 1.807) is 6.92 Å². The number of likely N-dealkylation sites (tertiary alicyclic amines) is 1. The smallest absolute Gasteiger partial charge is 0.490 e. The van der Waals surface area contributed by atoms with Gasteiger partial charge in [0.05, 0.1) is 5.92 Å². The summed E-state index contributed by atoms with van der Waals surface area (Å²) >= 11 is 0. The normalized spacial score (nSPS) is 28.4. The van der Waals surface area contributed by atoms with Gasteiger partial charge in [-0.15, -0.1) is 13.2 Å². The summed E-state index contributed by atoms with van der Waals surface area (Å²) < 4.78 is 63.9. The highest BCUT2D eigenvalue weighted by Gasteiger charge is 2.50. The molecule has 0 spiro atoms. The molecule has 0 radical (unpaired) electrons. The number of benzene rings is 2. The number of hydrogen-bond donors (Lipinski definition) is 1. The van der Waals surface area contributed by atoms with Gasteiger partial charge in [0.25, 0.3) is 0 Å². The number of rotatable bonds is 8. The summed E-state index contributed by atoms with van der Waals surface area (Å²) in [5.74, 6) is -0.249. The van der Waals surface area contributed by atoms with E-state index in [2.05, 4.69) is 27.8 Å². The maximum atomic E-state index is 14.0. The molecule has 40 heavy (non-hydrogen) atoms. The predicted octanol–water partition coefficient (Wildman–Crippen LogP) is 7.10. The number of carbonyl (C=O) groups is 1. The number of aliphatic carboxylic acids is 1. The second-order valence-electron chi connectivity index (χ2n) is 12.2. The van der Waals surface area contributed by atoms with Gasteiger partial charge in [-0.2, -0.15) is 0 Å². The molecule has 2 aromatic carbocycles. The summed E-state index contributed by atoms with van der Waals surface area (Å²) in [6, 6.07) is 9.18. The monoisotopic (exact) mass is 561 g/mol. The third kappa shape index (κ3) is 5.29. The van der Waals surface area contributed by atoms with Crippen molar-refractivity contribution in [2.45, 2.75) is 82.8 Å². The van der Waals surface area contributed by atoms with Crippen molar-refractivity contribution < 1.29 is 36.9 Å². The van der Waals surface area contributed by atoms with Crippen LogP contribution in [0.2, 0.25) is 0 Å². The molecule has 2 aliphatic heterocycles. The fraction of sp³-hybridized carbons (Fsp3) is 0.581. The lowest BCUT2D eigenvalue weighted by Crippen LogP contribution is -2.43. The van der Waals surface area contributed by atoms with Crippen LogP contribution in [0.15, 0.2) is 36.4 Å². The first kappa shape index (κ1) is 27.4. The van der Waals surface area contributed by atoms with E-state index >= 15 is 0 Å². The van der Waals surface area contributed by atoms with Crippen molar-refractivity contribution in [1.29, 1.82) is 0 Å². The average molecular weight is 562 g/mol. The average Bonchev–Trinajstić information content (AvgIpc) is 3.52. The molecule has 2 aromatic rings. The number of halogens is 4. The van der Waals surface area contributed by atoms with E-state index in [9.17, 15) is 27.5 Å². The van der Waals surface area contributed by atoms with Crippen LogP contribution in [-0.2, 0) is 11.2 Å². The third-order valence-corrected chi connectivity index (χ3v) is 9.77. The van der Waals surface area contributed by atoms with Gasteiger partial charge < -0.3 is 14.6 Å². The van der Waals surface area contributed by atoms with E-state index in [0.717, 1.165) is 73.6 Å². The lowest BCUT2D eigenvalue weighted by Gasteiger charge is -2.40.